The fourth-order valence-corrected chi connectivity index (χ4v) is 3.52. The molecule has 0 spiro atoms. The number of nitrogens with zero attached hydrogens (tertiary/aromatic N) is 5. The van der Waals surface area contributed by atoms with Gasteiger partial charge in [0.15, 0.2) is 5.69 Å². The molecule has 1 N–H and O–H groups in total. The Bertz CT molecular complexity index is 882. The van der Waals surface area contributed by atoms with Gasteiger partial charge in [-0.2, -0.15) is 0 Å². The molecule has 132 valence electrons. The second-order valence-corrected chi connectivity index (χ2v) is 7.69. The van der Waals surface area contributed by atoms with E-state index in [2.05, 4.69) is 34.3 Å². The van der Waals surface area contributed by atoms with Crippen LogP contribution in [0.5, 0.6) is 0 Å². The summed E-state index contributed by atoms with van der Waals surface area (Å²) < 4.78 is 1.94. The molecule has 1 amide bonds. The molecule has 0 unspecified atom stereocenters. The molecule has 3 rings (SSSR count). The molecule has 0 bridgehead atoms. The van der Waals surface area contributed by atoms with Crippen LogP contribution in [0.25, 0.3) is 5.65 Å². The number of anilines is 1. The number of pyridine rings is 1. The van der Waals surface area contributed by atoms with E-state index in [1.165, 1.54) is 11.3 Å². The number of amides is 1. The largest absolute Gasteiger partial charge is 0.304 e. The van der Waals surface area contributed by atoms with Crippen molar-refractivity contribution >= 4 is 28.0 Å². The molecule has 3 heterocycles. The van der Waals surface area contributed by atoms with Crippen molar-refractivity contribution in [2.75, 3.05) is 19.4 Å². The van der Waals surface area contributed by atoms with Crippen LogP contribution in [0.2, 0.25) is 0 Å². The number of nitrogens with one attached hydrogen (secondary N) is 1. The molecule has 0 saturated carbocycles. The van der Waals surface area contributed by atoms with E-state index in [1.54, 1.807) is 0 Å². The highest BCUT2D eigenvalue weighted by atomic mass is 32.1. The third-order valence-corrected chi connectivity index (χ3v) is 4.44. The Kier molecular flexibility index (Phi) is 5.10. The standard InChI is InChI=1S/C17H22N6OS/c1-11(2)9-14-20-21-17(25-14)19-16(24)15-12(10-22(3)4)23-8-6-5-7-13(23)18-15/h5-8,11H,9-10H2,1-4H3,(H,19,21,24). The molecular weight excluding hydrogens is 336 g/mol. The van der Waals surface area contributed by atoms with Gasteiger partial charge in [0.2, 0.25) is 5.13 Å². The van der Waals surface area contributed by atoms with E-state index in [0.29, 0.717) is 23.3 Å². The lowest BCUT2D eigenvalue weighted by atomic mass is 10.1. The van der Waals surface area contributed by atoms with Crippen molar-refractivity contribution in [1.29, 1.82) is 0 Å². The Morgan fingerprint density at radius 3 is 2.84 bits per heavy atom. The van der Waals surface area contributed by atoms with Gasteiger partial charge in [0.1, 0.15) is 10.7 Å². The van der Waals surface area contributed by atoms with E-state index < -0.39 is 0 Å². The van der Waals surface area contributed by atoms with Crippen LogP contribution < -0.4 is 5.32 Å². The van der Waals surface area contributed by atoms with Gasteiger partial charge in [0.25, 0.3) is 5.91 Å². The van der Waals surface area contributed by atoms with Crippen LogP contribution in [-0.4, -0.2) is 44.5 Å². The monoisotopic (exact) mass is 358 g/mol. The summed E-state index contributed by atoms with van der Waals surface area (Å²) in [6, 6.07) is 5.73. The normalized spacial score (nSPS) is 11.6. The summed E-state index contributed by atoms with van der Waals surface area (Å²) in [5, 5.41) is 12.5. The van der Waals surface area contributed by atoms with Crippen molar-refractivity contribution in [3.63, 3.8) is 0 Å². The number of hydrogen-bond donors (Lipinski definition) is 1. The maximum absolute atomic E-state index is 12.8. The predicted molar refractivity (Wildman–Crippen MR) is 99.0 cm³/mol. The Balaban J connectivity index is 1.87. The Labute approximate surface area is 150 Å². The van der Waals surface area contributed by atoms with Crippen LogP contribution in [-0.2, 0) is 13.0 Å². The van der Waals surface area contributed by atoms with E-state index in [0.717, 1.165) is 22.8 Å². The quantitative estimate of drug-likeness (QED) is 0.733. The first-order chi connectivity index (χ1) is 11.9. The predicted octanol–water partition coefficient (Wildman–Crippen LogP) is 2.70. The first-order valence-corrected chi connectivity index (χ1v) is 9.00. The van der Waals surface area contributed by atoms with Gasteiger partial charge in [-0.25, -0.2) is 4.98 Å². The highest BCUT2D eigenvalue weighted by Gasteiger charge is 2.20. The lowest BCUT2D eigenvalue weighted by Crippen LogP contribution is -2.19. The summed E-state index contributed by atoms with van der Waals surface area (Å²) in [7, 11) is 3.93. The van der Waals surface area contributed by atoms with Crippen LogP contribution in [0.15, 0.2) is 24.4 Å². The van der Waals surface area contributed by atoms with E-state index in [1.807, 2.05) is 47.8 Å². The number of rotatable bonds is 6. The van der Waals surface area contributed by atoms with Crippen molar-refractivity contribution in [3.05, 3.63) is 40.8 Å². The molecule has 0 atom stereocenters. The van der Waals surface area contributed by atoms with Crippen molar-refractivity contribution < 1.29 is 4.79 Å². The number of carbonyl (C=O) groups excluding carboxylic acids is 1. The molecule has 0 saturated heterocycles. The van der Waals surface area contributed by atoms with Gasteiger partial charge in [0.05, 0.1) is 5.69 Å². The summed E-state index contributed by atoms with van der Waals surface area (Å²) in [4.78, 5) is 19.3. The Hall–Kier alpha value is -2.32. The summed E-state index contributed by atoms with van der Waals surface area (Å²) in [5.41, 5.74) is 2.02. The number of hydrogen-bond acceptors (Lipinski definition) is 6. The van der Waals surface area contributed by atoms with Crippen molar-refractivity contribution in [2.45, 2.75) is 26.8 Å². The molecule has 0 aliphatic carbocycles. The summed E-state index contributed by atoms with van der Waals surface area (Å²) in [6.45, 7) is 4.87. The second kappa shape index (κ2) is 7.28. The third-order valence-electron chi connectivity index (χ3n) is 3.58. The van der Waals surface area contributed by atoms with Gasteiger partial charge in [-0.3, -0.25) is 10.1 Å². The van der Waals surface area contributed by atoms with Gasteiger partial charge >= 0.3 is 0 Å². The van der Waals surface area contributed by atoms with Crippen molar-refractivity contribution in [3.8, 4) is 0 Å². The van der Waals surface area contributed by atoms with Gasteiger partial charge in [-0.05, 0) is 32.1 Å². The average Bonchev–Trinajstić information content (AvgIpc) is 3.11. The van der Waals surface area contributed by atoms with Gasteiger partial charge in [0, 0.05) is 19.2 Å². The minimum atomic E-state index is -0.257. The maximum Gasteiger partial charge on any atom is 0.278 e. The number of imidazole rings is 1. The van der Waals surface area contributed by atoms with Crippen LogP contribution in [0.3, 0.4) is 0 Å². The van der Waals surface area contributed by atoms with E-state index in [-0.39, 0.29) is 5.91 Å². The minimum Gasteiger partial charge on any atom is -0.304 e. The third kappa shape index (κ3) is 4.02. The molecule has 3 aromatic heterocycles. The molecule has 0 aliphatic heterocycles. The molecule has 0 aliphatic rings. The first-order valence-electron chi connectivity index (χ1n) is 8.18. The fraction of sp³-hybridized carbons (Fsp3) is 0.412. The number of fused-ring (bicyclic) bond motifs is 1. The zero-order valence-electron chi connectivity index (χ0n) is 14.9. The highest BCUT2D eigenvalue weighted by Crippen LogP contribution is 2.20. The average molecular weight is 358 g/mol. The van der Waals surface area contributed by atoms with Crippen LogP contribution in [0.4, 0.5) is 5.13 Å². The van der Waals surface area contributed by atoms with Crippen molar-refractivity contribution in [1.82, 2.24) is 24.5 Å². The van der Waals surface area contributed by atoms with Crippen LogP contribution in [0.1, 0.15) is 35.0 Å². The second-order valence-electron chi connectivity index (χ2n) is 6.63. The van der Waals surface area contributed by atoms with E-state index in [9.17, 15) is 4.79 Å². The molecule has 3 aromatic rings. The van der Waals surface area contributed by atoms with Crippen LogP contribution >= 0.6 is 11.3 Å². The SMILES string of the molecule is CC(C)Cc1nnc(NC(=O)c2nc3ccccn3c2CN(C)C)s1. The molecule has 0 fully saturated rings. The van der Waals surface area contributed by atoms with Gasteiger partial charge in [-0.1, -0.05) is 31.3 Å². The Morgan fingerprint density at radius 2 is 2.12 bits per heavy atom. The van der Waals surface area contributed by atoms with Crippen molar-refractivity contribution in [2.24, 2.45) is 5.92 Å². The molecule has 0 aromatic carbocycles. The van der Waals surface area contributed by atoms with E-state index >= 15 is 0 Å². The number of carbonyl (C=O) groups is 1. The molecule has 8 heteroatoms. The lowest BCUT2D eigenvalue weighted by molar-refractivity contribution is 0.102. The van der Waals surface area contributed by atoms with Gasteiger partial charge in [-0.15, -0.1) is 10.2 Å². The van der Waals surface area contributed by atoms with Crippen LogP contribution in [0, 0.1) is 5.92 Å². The topological polar surface area (TPSA) is 75.4 Å². The molecular formula is C17H22N6OS. The lowest BCUT2D eigenvalue weighted by Gasteiger charge is -2.10. The highest BCUT2D eigenvalue weighted by molar-refractivity contribution is 7.15. The summed E-state index contributed by atoms with van der Waals surface area (Å²) >= 11 is 1.41. The number of aromatic nitrogens is 4. The zero-order valence-corrected chi connectivity index (χ0v) is 15.7. The smallest absolute Gasteiger partial charge is 0.278 e. The summed E-state index contributed by atoms with van der Waals surface area (Å²) in [6.07, 6.45) is 2.78. The molecule has 7 nitrogen and oxygen atoms in total. The summed E-state index contributed by atoms with van der Waals surface area (Å²) in [5.74, 6) is 0.245. The first kappa shape index (κ1) is 17.5. The maximum atomic E-state index is 12.8. The van der Waals surface area contributed by atoms with E-state index in [4.69, 9.17) is 0 Å². The molecule has 0 radical (unpaired) electrons. The van der Waals surface area contributed by atoms with Gasteiger partial charge < -0.3 is 9.30 Å². The minimum absolute atomic E-state index is 0.257. The Morgan fingerprint density at radius 1 is 1.32 bits per heavy atom. The fourth-order valence-electron chi connectivity index (χ4n) is 2.57. The zero-order chi connectivity index (χ0) is 18.0. The molecule has 25 heavy (non-hydrogen) atoms.